The van der Waals surface area contributed by atoms with Gasteiger partial charge < -0.3 is 4.74 Å². The summed E-state index contributed by atoms with van der Waals surface area (Å²) in [6.45, 7) is 5.67. The van der Waals surface area contributed by atoms with Crippen LogP contribution in [0.2, 0.25) is 0 Å². The van der Waals surface area contributed by atoms with Gasteiger partial charge in [-0.3, -0.25) is 29.1 Å². The molecule has 0 bridgehead atoms. The van der Waals surface area contributed by atoms with Crippen molar-refractivity contribution in [3.8, 4) is 5.75 Å². The Hall–Kier alpha value is -3.88. The highest BCUT2D eigenvalue weighted by Gasteiger charge is 2.50. The zero-order valence-corrected chi connectivity index (χ0v) is 18.7. The third kappa shape index (κ3) is 6.84. The second-order valence-corrected chi connectivity index (χ2v) is 8.17. The van der Waals surface area contributed by atoms with Crippen LogP contribution in [0.15, 0.2) is 42.7 Å². The number of aromatic nitrogens is 1. The van der Waals surface area contributed by atoms with E-state index in [1.54, 1.807) is 0 Å². The minimum absolute atomic E-state index is 0.0579. The molecule has 1 amide bonds. The molecule has 0 N–H and O–H groups in total. The van der Waals surface area contributed by atoms with Crippen LogP contribution in [0.1, 0.15) is 40.7 Å². The van der Waals surface area contributed by atoms with Gasteiger partial charge in [0.2, 0.25) is 5.91 Å². The van der Waals surface area contributed by atoms with Crippen LogP contribution in [-0.2, 0) is 22.2 Å². The summed E-state index contributed by atoms with van der Waals surface area (Å²) < 4.78 is 70.2. The number of carbonyl (C=O) groups excluding carboxylic acids is 3. The molecule has 1 aliphatic rings. The highest BCUT2D eigenvalue weighted by Crippen LogP contribution is 2.33. The van der Waals surface area contributed by atoms with Gasteiger partial charge in [0, 0.05) is 37.2 Å². The molecule has 1 saturated heterocycles. The van der Waals surface area contributed by atoms with Gasteiger partial charge in [0.25, 0.3) is 5.92 Å². The van der Waals surface area contributed by atoms with Crippen LogP contribution in [0.5, 0.6) is 5.75 Å². The van der Waals surface area contributed by atoms with E-state index in [1.807, 2.05) is 0 Å². The smallest absolute Gasteiger partial charge is 0.416 e. The lowest BCUT2D eigenvalue weighted by Gasteiger charge is -2.16. The molecule has 0 aliphatic carbocycles. The molecular weight excluding hydrogens is 489 g/mol. The number of ether oxygens (including phenoxy) is 1. The molecule has 0 unspecified atom stereocenters. The van der Waals surface area contributed by atoms with Gasteiger partial charge in [0.1, 0.15) is 18.8 Å². The lowest BCUT2D eigenvalue weighted by molar-refractivity contribution is -0.137. The van der Waals surface area contributed by atoms with E-state index in [9.17, 15) is 36.3 Å². The molecule has 1 aromatic heterocycles. The first-order valence-electron chi connectivity index (χ1n) is 10.7. The van der Waals surface area contributed by atoms with Gasteiger partial charge in [-0.2, -0.15) is 13.2 Å². The van der Waals surface area contributed by atoms with Gasteiger partial charge in [-0.05, 0) is 35.9 Å². The van der Waals surface area contributed by atoms with Crippen molar-refractivity contribution in [1.82, 2.24) is 9.88 Å². The molecule has 7 nitrogen and oxygen atoms in total. The molecule has 190 valence electrons. The highest BCUT2D eigenvalue weighted by atomic mass is 19.4. The molecular formula is C24H20F5N3O4. The van der Waals surface area contributed by atoms with Crippen LogP contribution in [0.25, 0.3) is 4.85 Å². The fraction of sp³-hybridized carbons (Fsp3) is 0.375. The second kappa shape index (κ2) is 10.8. The van der Waals surface area contributed by atoms with E-state index in [0.29, 0.717) is 0 Å². The summed E-state index contributed by atoms with van der Waals surface area (Å²) in [7, 11) is 0. The third-order valence-corrected chi connectivity index (χ3v) is 5.45. The first-order valence-corrected chi connectivity index (χ1v) is 10.7. The second-order valence-electron chi connectivity index (χ2n) is 8.17. The van der Waals surface area contributed by atoms with Gasteiger partial charge in [-0.1, -0.05) is 0 Å². The number of rotatable bonds is 9. The van der Waals surface area contributed by atoms with E-state index in [2.05, 4.69) is 9.83 Å². The number of benzene rings is 1. The van der Waals surface area contributed by atoms with Crippen molar-refractivity contribution in [2.45, 2.75) is 43.9 Å². The number of carbonyl (C=O) groups is 3. The van der Waals surface area contributed by atoms with Gasteiger partial charge in [-0.25, -0.2) is 15.4 Å². The van der Waals surface area contributed by atoms with E-state index in [-0.39, 0.29) is 36.1 Å². The highest BCUT2D eigenvalue weighted by molar-refractivity contribution is 6.00. The minimum atomic E-state index is -4.50. The van der Waals surface area contributed by atoms with Crippen LogP contribution in [0, 0.1) is 6.57 Å². The van der Waals surface area contributed by atoms with Gasteiger partial charge >= 0.3 is 12.3 Å². The molecule has 0 radical (unpaired) electrons. The summed E-state index contributed by atoms with van der Waals surface area (Å²) in [6.07, 6.45) is -4.88. The van der Waals surface area contributed by atoms with Crippen molar-refractivity contribution >= 4 is 17.5 Å². The molecule has 0 saturated carbocycles. The zero-order valence-electron chi connectivity index (χ0n) is 18.7. The predicted molar refractivity (Wildman–Crippen MR) is 115 cm³/mol. The van der Waals surface area contributed by atoms with Crippen molar-refractivity contribution in [1.29, 1.82) is 0 Å². The lowest BCUT2D eigenvalue weighted by atomic mass is 9.99. The average molecular weight is 509 g/mol. The average Bonchev–Trinajstić information content (AvgIpc) is 3.15. The number of amides is 1. The maximum absolute atomic E-state index is 13.6. The van der Waals surface area contributed by atoms with Gasteiger partial charge in [0.05, 0.1) is 12.1 Å². The maximum atomic E-state index is 13.6. The number of ketones is 2. The number of hydrogen-bond acceptors (Lipinski definition) is 5. The first kappa shape index (κ1) is 26.7. The fourth-order valence-electron chi connectivity index (χ4n) is 3.67. The maximum Gasteiger partial charge on any atom is 0.416 e. The number of hydrogen-bond donors (Lipinski definition) is 0. The van der Waals surface area contributed by atoms with Crippen molar-refractivity contribution in [3.63, 3.8) is 0 Å². The molecule has 0 spiro atoms. The van der Waals surface area contributed by atoms with Crippen LogP contribution >= 0.6 is 0 Å². The van der Waals surface area contributed by atoms with Crippen LogP contribution < -0.4 is 4.74 Å². The molecule has 12 heteroatoms. The normalized spacial score (nSPS) is 16.9. The predicted octanol–water partition coefficient (Wildman–Crippen LogP) is 4.37. The molecule has 1 aliphatic heterocycles. The molecule has 2 heterocycles. The summed E-state index contributed by atoms with van der Waals surface area (Å²) in [5.41, 5.74) is -0.488. The number of likely N-dealkylation sites (tertiary alicyclic amines) is 1. The van der Waals surface area contributed by atoms with Crippen molar-refractivity contribution in [2.75, 3.05) is 13.2 Å². The Bertz CT molecular complexity index is 1180. The Morgan fingerprint density at radius 3 is 2.47 bits per heavy atom. The summed E-state index contributed by atoms with van der Waals surface area (Å²) in [6, 6.07) is 5.17. The number of alkyl halides is 5. The quantitative estimate of drug-likeness (QED) is 0.285. The first-order chi connectivity index (χ1) is 16.9. The minimum Gasteiger partial charge on any atom is -0.486 e. The summed E-state index contributed by atoms with van der Waals surface area (Å²) in [5, 5.41) is 0. The topological polar surface area (TPSA) is 80.9 Å². The lowest BCUT2D eigenvalue weighted by Crippen LogP contribution is -2.35. The van der Waals surface area contributed by atoms with Gasteiger partial charge in [0.15, 0.2) is 11.6 Å². The Morgan fingerprint density at radius 1 is 1.14 bits per heavy atom. The SMILES string of the molecule is [C-]#[N+][C@@H]1CC(F)(F)CN1C(=O)CCC(=O)c1ccncc1CC(=O)COc1ccc(C(F)(F)F)cc1. The van der Waals surface area contributed by atoms with Gasteiger partial charge in [-0.15, -0.1) is 0 Å². The molecule has 1 aromatic carbocycles. The summed E-state index contributed by atoms with van der Waals surface area (Å²) in [4.78, 5) is 45.1. The van der Waals surface area contributed by atoms with E-state index >= 15 is 0 Å². The number of halogens is 5. The van der Waals surface area contributed by atoms with Crippen LogP contribution in [0.3, 0.4) is 0 Å². The standard InChI is InChI=1S/C24H20F5N3O4/c1-30-21-11-23(25,26)14-32(21)22(35)7-6-20(34)19-8-9-31-12-15(19)10-17(33)13-36-18-4-2-16(3-5-18)24(27,28)29/h2-5,8-9,12,21H,6-7,10-11,13-14H2/t21-/m0/s1. The zero-order chi connectivity index (χ0) is 26.5. The Labute approximate surface area is 202 Å². The molecule has 36 heavy (non-hydrogen) atoms. The largest absolute Gasteiger partial charge is 0.486 e. The third-order valence-electron chi connectivity index (χ3n) is 5.45. The number of Topliss-reactive ketones (excluding diaryl/α,β-unsaturated/α-hetero) is 2. The van der Waals surface area contributed by atoms with Crippen molar-refractivity contribution in [3.05, 3.63) is 70.8 Å². The number of pyridine rings is 1. The Balaban J connectivity index is 1.56. The monoisotopic (exact) mass is 509 g/mol. The summed E-state index contributed by atoms with van der Waals surface area (Å²) in [5.74, 6) is -4.83. The number of nitrogens with zero attached hydrogens (tertiary/aromatic N) is 3. The van der Waals surface area contributed by atoms with Crippen LogP contribution in [-0.4, -0.2) is 52.6 Å². The van der Waals surface area contributed by atoms with E-state index in [1.165, 1.54) is 18.5 Å². The molecule has 1 atom stereocenters. The molecule has 2 aromatic rings. The molecule has 1 fully saturated rings. The Kier molecular flexibility index (Phi) is 8.02. The summed E-state index contributed by atoms with van der Waals surface area (Å²) >= 11 is 0. The van der Waals surface area contributed by atoms with E-state index in [0.717, 1.165) is 29.2 Å². The van der Waals surface area contributed by atoms with Crippen molar-refractivity contribution in [2.24, 2.45) is 0 Å². The van der Waals surface area contributed by atoms with Crippen LogP contribution in [0.4, 0.5) is 22.0 Å². The van der Waals surface area contributed by atoms with E-state index in [4.69, 9.17) is 11.3 Å². The molecule has 3 rings (SSSR count). The van der Waals surface area contributed by atoms with E-state index < -0.39 is 60.9 Å². The fourth-order valence-corrected chi connectivity index (χ4v) is 3.67. The van der Waals surface area contributed by atoms with Crippen molar-refractivity contribution < 1.29 is 41.1 Å². The Morgan fingerprint density at radius 2 is 1.83 bits per heavy atom.